The lowest BCUT2D eigenvalue weighted by Crippen LogP contribution is -2.52. The zero-order chi connectivity index (χ0) is 14.4. The molecule has 1 aromatic carbocycles. The Hall–Kier alpha value is -0.730. The van der Waals surface area contributed by atoms with Gasteiger partial charge >= 0.3 is 0 Å². The second kappa shape index (κ2) is 6.05. The van der Waals surface area contributed by atoms with Crippen molar-refractivity contribution in [3.8, 4) is 5.75 Å². The van der Waals surface area contributed by atoms with E-state index in [1.54, 1.807) is 0 Å². The van der Waals surface area contributed by atoms with Crippen LogP contribution in [0.3, 0.4) is 0 Å². The van der Waals surface area contributed by atoms with Gasteiger partial charge in [0.1, 0.15) is 5.75 Å². The van der Waals surface area contributed by atoms with Crippen LogP contribution in [0, 0.1) is 23.2 Å². The molecule has 4 saturated carbocycles. The Morgan fingerprint density at radius 3 is 2.45 bits per heavy atom. The summed E-state index contributed by atoms with van der Waals surface area (Å²) < 4.78 is 5.69. The molecule has 2 nitrogen and oxygen atoms in total. The fraction of sp³-hybridized carbons (Fsp3) is 0.684. The molecule has 2 N–H and O–H groups in total. The number of ether oxygens (including phenoxy) is 1. The quantitative estimate of drug-likeness (QED) is 0.893. The van der Waals surface area contributed by atoms with E-state index in [1.165, 1.54) is 44.1 Å². The molecule has 3 unspecified atom stereocenters. The standard InChI is InChI=1S/C19H27NO.ClH/c1-21-17-5-3-2-4-16(17)18-15-9-13-8-14(10-15)12-19(18,11-13)6-7-20;/h2-5,13-15,18H,6-12,20H2,1H3;1H. The Balaban J connectivity index is 0.00000144. The van der Waals surface area contributed by atoms with Crippen molar-refractivity contribution >= 4 is 12.4 Å². The van der Waals surface area contributed by atoms with Gasteiger partial charge in [0, 0.05) is 0 Å². The number of nitrogens with two attached hydrogens (primary N) is 1. The highest BCUT2D eigenvalue weighted by atomic mass is 35.5. The maximum Gasteiger partial charge on any atom is 0.122 e. The lowest BCUT2D eigenvalue weighted by molar-refractivity contribution is -0.0792. The first-order valence-corrected chi connectivity index (χ1v) is 8.59. The van der Waals surface area contributed by atoms with E-state index in [4.69, 9.17) is 10.5 Å². The molecule has 0 spiro atoms. The first kappa shape index (κ1) is 16.1. The number of para-hydroxylation sites is 1. The minimum absolute atomic E-state index is 0. The van der Waals surface area contributed by atoms with Crippen molar-refractivity contribution in [1.82, 2.24) is 0 Å². The predicted octanol–water partition coefficient (Wildman–Crippen LogP) is 4.38. The molecule has 4 aliphatic rings. The first-order chi connectivity index (χ1) is 10.3. The van der Waals surface area contributed by atoms with Crippen LogP contribution >= 0.6 is 12.4 Å². The normalized spacial score (nSPS) is 38.6. The Morgan fingerprint density at radius 2 is 1.82 bits per heavy atom. The van der Waals surface area contributed by atoms with Crippen molar-refractivity contribution in [2.45, 2.75) is 44.4 Å². The second-order valence-electron chi connectivity index (χ2n) is 7.73. The molecule has 0 aliphatic heterocycles. The van der Waals surface area contributed by atoms with Gasteiger partial charge in [0.25, 0.3) is 0 Å². The summed E-state index contributed by atoms with van der Waals surface area (Å²) in [5, 5.41) is 0. The van der Waals surface area contributed by atoms with Crippen LogP contribution in [0.1, 0.15) is 50.0 Å². The Kier molecular flexibility index (Phi) is 4.44. The van der Waals surface area contributed by atoms with Crippen molar-refractivity contribution < 1.29 is 4.74 Å². The smallest absolute Gasteiger partial charge is 0.122 e. The van der Waals surface area contributed by atoms with Crippen LogP contribution in [0.25, 0.3) is 0 Å². The Morgan fingerprint density at radius 1 is 1.14 bits per heavy atom. The van der Waals surface area contributed by atoms with Crippen LogP contribution in [0.5, 0.6) is 5.75 Å². The number of rotatable bonds is 4. The third kappa shape index (κ3) is 2.35. The molecule has 3 atom stereocenters. The van der Waals surface area contributed by atoms with Crippen molar-refractivity contribution in [2.24, 2.45) is 28.9 Å². The van der Waals surface area contributed by atoms with Crippen LogP contribution in [-0.2, 0) is 0 Å². The molecule has 4 bridgehead atoms. The third-order valence-corrected chi connectivity index (χ3v) is 6.58. The number of benzene rings is 1. The molecule has 1 aromatic rings. The van der Waals surface area contributed by atoms with Crippen molar-refractivity contribution in [1.29, 1.82) is 0 Å². The lowest BCUT2D eigenvalue weighted by Gasteiger charge is -2.62. The highest BCUT2D eigenvalue weighted by molar-refractivity contribution is 5.85. The SMILES string of the molecule is COc1ccccc1C1C2CC3CC(C2)CC1(CCN)C3.Cl. The van der Waals surface area contributed by atoms with Crippen molar-refractivity contribution in [2.75, 3.05) is 13.7 Å². The van der Waals surface area contributed by atoms with Gasteiger partial charge in [-0.15, -0.1) is 12.4 Å². The molecule has 4 fully saturated rings. The predicted molar refractivity (Wildman–Crippen MR) is 92.6 cm³/mol. The molecule has 122 valence electrons. The van der Waals surface area contributed by atoms with E-state index in [2.05, 4.69) is 24.3 Å². The summed E-state index contributed by atoms with van der Waals surface area (Å²) in [7, 11) is 1.81. The number of hydrogen-bond donors (Lipinski definition) is 1. The fourth-order valence-corrected chi connectivity index (χ4v) is 6.36. The maximum atomic E-state index is 6.03. The number of hydrogen-bond acceptors (Lipinski definition) is 2. The van der Waals surface area contributed by atoms with Crippen molar-refractivity contribution in [3.05, 3.63) is 29.8 Å². The second-order valence-corrected chi connectivity index (χ2v) is 7.73. The van der Waals surface area contributed by atoms with E-state index in [9.17, 15) is 0 Å². The molecule has 0 saturated heterocycles. The molecule has 5 rings (SSSR count). The van der Waals surface area contributed by atoms with Crippen LogP contribution in [0.15, 0.2) is 24.3 Å². The highest BCUT2D eigenvalue weighted by Crippen LogP contribution is 2.67. The Labute approximate surface area is 140 Å². The zero-order valence-electron chi connectivity index (χ0n) is 13.5. The van der Waals surface area contributed by atoms with E-state index in [-0.39, 0.29) is 12.4 Å². The van der Waals surface area contributed by atoms with E-state index in [0.29, 0.717) is 11.3 Å². The van der Waals surface area contributed by atoms with Crippen LogP contribution in [-0.4, -0.2) is 13.7 Å². The van der Waals surface area contributed by atoms with E-state index >= 15 is 0 Å². The highest BCUT2D eigenvalue weighted by Gasteiger charge is 2.57. The monoisotopic (exact) mass is 321 g/mol. The van der Waals surface area contributed by atoms with Gasteiger partial charge in [-0.05, 0) is 85.8 Å². The molecule has 0 radical (unpaired) electrons. The number of halogens is 1. The molecule has 4 aliphatic carbocycles. The summed E-state index contributed by atoms with van der Waals surface area (Å²) in [6.45, 7) is 0.831. The van der Waals surface area contributed by atoms with Gasteiger partial charge in [0.15, 0.2) is 0 Å². The summed E-state index contributed by atoms with van der Waals surface area (Å²) >= 11 is 0. The zero-order valence-corrected chi connectivity index (χ0v) is 14.3. The van der Waals surface area contributed by atoms with Gasteiger partial charge < -0.3 is 10.5 Å². The molecule has 0 aromatic heterocycles. The van der Waals surface area contributed by atoms with Gasteiger partial charge in [-0.2, -0.15) is 0 Å². The van der Waals surface area contributed by atoms with Gasteiger partial charge in [0.05, 0.1) is 7.11 Å². The first-order valence-electron chi connectivity index (χ1n) is 8.59. The van der Waals surface area contributed by atoms with Gasteiger partial charge in [-0.25, -0.2) is 0 Å². The van der Waals surface area contributed by atoms with Crippen molar-refractivity contribution in [3.63, 3.8) is 0 Å². The van der Waals surface area contributed by atoms with E-state index < -0.39 is 0 Å². The average Bonchev–Trinajstić information content (AvgIpc) is 2.46. The third-order valence-electron chi connectivity index (χ3n) is 6.58. The minimum Gasteiger partial charge on any atom is -0.496 e. The molecule has 22 heavy (non-hydrogen) atoms. The topological polar surface area (TPSA) is 35.2 Å². The average molecular weight is 322 g/mol. The molecule has 3 heteroatoms. The number of methoxy groups -OCH3 is 1. The molecular formula is C19H28ClNO. The molecule has 0 heterocycles. The lowest BCUT2D eigenvalue weighted by atomic mass is 9.43. The van der Waals surface area contributed by atoms with Gasteiger partial charge in [0.2, 0.25) is 0 Å². The van der Waals surface area contributed by atoms with Crippen LogP contribution < -0.4 is 10.5 Å². The maximum absolute atomic E-state index is 6.03. The van der Waals surface area contributed by atoms with E-state index in [0.717, 1.165) is 30.0 Å². The summed E-state index contributed by atoms with van der Waals surface area (Å²) in [5.41, 5.74) is 7.94. The molecular weight excluding hydrogens is 294 g/mol. The summed E-state index contributed by atoms with van der Waals surface area (Å²) in [6, 6.07) is 8.72. The minimum atomic E-state index is 0. The largest absolute Gasteiger partial charge is 0.496 e. The van der Waals surface area contributed by atoms with Gasteiger partial charge in [-0.1, -0.05) is 18.2 Å². The summed E-state index contributed by atoms with van der Waals surface area (Å²) in [5.74, 6) is 4.57. The van der Waals surface area contributed by atoms with Crippen LogP contribution in [0.2, 0.25) is 0 Å². The Bertz CT molecular complexity index is 518. The van der Waals surface area contributed by atoms with Crippen LogP contribution in [0.4, 0.5) is 0 Å². The molecule has 0 amide bonds. The summed E-state index contributed by atoms with van der Waals surface area (Å²) in [6.07, 6.45) is 8.36. The van der Waals surface area contributed by atoms with E-state index in [1.807, 2.05) is 7.11 Å². The summed E-state index contributed by atoms with van der Waals surface area (Å²) in [4.78, 5) is 0. The van der Waals surface area contributed by atoms with Gasteiger partial charge in [-0.3, -0.25) is 0 Å². The fourth-order valence-electron chi connectivity index (χ4n) is 6.36.